The van der Waals surface area contributed by atoms with Crippen molar-refractivity contribution in [3.05, 3.63) is 42.5 Å². The zero-order valence-electron chi connectivity index (χ0n) is 9.55. The molecule has 4 nitrogen and oxygen atoms in total. The van der Waals surface area contributed by atoms with Crippen molar-refractivity contribution in [1.29, 1.82) is 5.41 Å². The van der Waals surface area contributed by atoms with Gasteiger partial charge in [0.15, 0.2) is 0 Å². The number of nitrogens with one attached hydrogen (secondary N) is 1. The molecule has 1 aromatic carbocycles. The van der Waals surface area contributed by atoms with Gasteiger partial charge in [0.1, 0.15) is 5.84 Å². The molecule has 1 aromatic heterocycles. The van der Waals surface area contributed by atoms with Crippen LogP contribution in [0, 0.1) is 5.41 Å². The van der Waals surface area contributed by atoms with Gasteiger partial charge in [0.25, 0.3) is 0 Å². The van der Waals surface area contributed by atoms with E-state index in [0.717, 1.165) is 21.9 Å². The Balaban J connectivity index is 2.59. The molecule has 0 amide bonds. The van der Waals surface area contributed by atoms with Crippen molar-refractivity contribution in [2.75, 3.05) is 5.75 Å². The van der Waals surface area contributed by atoms with Crippen LogP contribution in [0.4, 0.5) is 0 Å². The van der Waals surface area contributed by atoms with Crippen molar-refractivity contribution in [2.24, 2.45) is 5.73 Å². The van der Waals surface area contributed by atoms with Crippen LogP contribution in [0.1, 0.15) is 12.5 Å². The van der Waals surface area contributed by atoms with Crippen LogP contribution in [0.25, 0.3) is 5.69 Å². The summed E-state index contributed by atoms with van der Waals surface area (Å²) in [6.07, 6.45) is 5.27. The van der Waals surface area contributed by atoms with Crippen LogP contribution < -0.4 is 5.73 Å². The molecule has 0 aliphatic heterocycles. The Hall–Kier alpha value is -1.75. The fourth-order valence-corrected chi connectivity index (χ4v) is 2.53. The van der Waals surface area contributed by atoms with Gasteiger partial charge >= 0.3 is 0 Å². The Morgan fingerprint density at radius 3 is 2.94 bits per heavy atom. The highest BCUT2D eigenvalue weighted by molar-refractivity contribution is 7.99. The molecule has 0 bridgehead atoms. The van der Waals surface area contributed by atoms with E-state index < -0.39 is 0 Å². The van der Waals surface area contributed by atoms with Crippen molar-refractivity contribution in [3.8, 4) is 5.69 Å². The van der Waals surface area contributed by atoms with Crippen LogP contribution in [0.15, 0.2) is 41.8 Å². The molecule has 0 unspecified atom stereocenters. The number of hydrogen-bond acceptors (Lipinski definition) is 3. The van der Waals surface area contributed by atoms with Crippen LogP contribution in [-0.4, -0.2) is 21.1 Å². The van der Waals surface area contributed by atoms with E-state index in [4.69, 9.17) is 11.1 Å². The summed E-state index contributed by atoms with van der Waals surface area (Å²) in [5, 5.41) is 7.73. The van der Waals surface area contributed by atoms with Gasteiger partial charge < -0.3 is 10.3 Å². The van der Waals surface area contributed by atoms with Crippen LogP contribution in [0.2, 0.25) is 0 Å². The van der Waals surface area contributed by atoms with Crippen LogP contribution >= 0.6 is 11.8 Å². The number of nitrogen functional groups attached to an aromatic ring is 1. The molecular weight excluding hydrogens is 232 g/mol. The van der Waals surface area contributed by atoms with Gasteiger partial charge in [0.2, 0.25) is 0 Å². The molecule has 0 fully saturated rings. The largest absolute Gasteiger partial charge is 0.384 e. The SMILES string of the molecule is CCSc1cccc(-n2ccnc2)c1C(=N)N. The summed E-state index contributed by atoms with van der Waals surface area (Å²) in [6, 6.07) is 5.91. The number of amidine groups is 1. The Labute approximate surface area is 104 Å². The Kier molecular flexibility index (Phi) is 3.49. The van der Waals surface area contributed by atoms with E-state index in [2.05, 4.69) is 11.9 Å². The maximum atomic E-state index is 7.73. The van der Waals surface area contributed by atoms with Gasteiger partial charge in [0.05, 0.1) is 17.6 Å². The number of rotatable bonds is 4. The molecule has 0 saturated heterocycles. The van der Waals surface area contributed by atoms with E-state index in [1.54, 1.807) is 24.3 Å². The van der Waals surface area contributed by atoms with Gasteiger partial charge in [-0.05, 0) is 17.9 Å². The van der Waals surface area contributed by atoms with E-state index in [-0.39, 0.29) is 5.84 Å². The second kappa shape index (κ2) is 5.05. The molecule has 0 saturated carbocycles. The van der Waals surface area contributed by atoms with Gasteiger partial charge in [-0.3, -0.25) is 5.41 Å². The summed E-state index contributed by atoms with van der Waals surface area (Å²) in [5.74, 6) is 1.04. The quantitative estimate of drug-likeness (QED) is 0.494. The van der Waals surface area contributed by atoms with Gasteiger partial charge in [0, 0.05) is 17.3 Å². The minimum Gasteiger partial charge on any atom is -0.384 e. The van der Waals surface area contributed by atoms with Crippen molar-refractivity contribution in [3.63, 3.8) is 0 Å². The molecule has 1 heterocycles. The summed E-state index contributed by atoms with van der Waals surface area (Å²) in [6.45, 7) is 2.08. The molecule has 3 N–H and O–H groups in total. The second-order valence-corrected chi connectivity index (χ2v) is 4.77. The zero-order valence-corrected chi connectivity index (χ0v) is 10.4. The van der Waals surface area contributed by atoms with Crippen molar-refractivity contribution in [1.82, 2.24) is 9.55 Å². The van der Waals surface area contributed by atoms with Crippen molar-refractivity contribution < 1.29 is 0 Å². The third-order valence-corrected chi connectivity index (χ3v) is 3.30. The average Bonchev–Trinajstić information content (AvgIpc) is 2.82. The molecule has 2 aromatic rings. The molecule has 88 valence electrons. The lowest BCUT2D eigenvalue weighted by Gasteiger charge is -2.13. The van der Waals surface area contributed by atoms with E-state index in [0.29, 0.717) is 0 Å². The number of aromatic nitrogens is 2. The lowest BCUT2D eigenvalue weighted by molar-refractivity contribution is 1.04. The highest BCUT2D eigenvalue weighted by Gasteiger charge is 2.12. The zero-order chi connectivity index (χ0) is 12.3. The van der Waals surface area contributed by atoms with Gasteiger partial charge in [-0.1, -0.05) is 13.0 Å². The predicted octanol–water partition coefficient (Wildman–Crippen LogP) is 2.27. The number of nitrogens with two attached hydrogens (primary N) is 1. The number of thioether (sulfide) groups is 1. The predicted molar refractivity (Wildman–Crippen MR) is 71.0 cm³/mol. The van der Waals surface area contributed by atoms with E-state index in [9.17, 15) is 0 Å². The second-order valence-electron chi connectivity index (χ2n) is 3.47. The van der Waals surface area contributed by atoms with Gasteiger partial charge in [-0.25, -0.2) is 4.98 Å². The van der Waals surface area contributed by atoms with Crippen LogP contribution in [-0.2, 0) is 0 Å². The fourth-order valence-electron chi connectivity index (χ4n) is 1.68. The first-order valence-corrected chi connectivity index (χ1v) is 6.31. The molecular formula is C12H14N4S. The Morgan fingerprint density at radius 1 is 1.53 bits per heavy atom. The lowest BCUT2D eigenvalue weighted by atomic mass is 10.1. The Morgan fingerprint density at radius 2 is 2.35 bits per heavy atom. The molecule has 0 atom stereocenters. The monoisotopic (exact) mass is 246 g/mol. The molecule has 0 spiro atoms. The van der Waals surface area contributed by atoms with E-state index in [1.165, 1.54) is 0 Å². The molecule has 5 heteroatoms. The highest BCUT2D eigenvalue weighted by atomic mass is 32.2. The first-order chi connectivity index (χ1) is 8.24. The van der Waals surface area contributed by atoms with E-state index in [1.807, 2.05) is 29.0 Å². The molecule has 0 aliphatic carbocycles. The van der Waals surface area contributed by atoms with Crippen LogP contribution in [0.3, 0.4) is 0 Å². The fraction of sp³-hybridized carbons (Fsp3) is 0.167. The summed E-state index contributed by atoms with van der Waals surface area (Å²) >= 11 is 1.69. The third-order valence-electron chi connectivity index (χ3n) is 2.36. The molecule has 0 radical (unpaired) electrons. The standard InChI is InChI=1S/C12H14N4S/c1-2-17-10-5-3-4-9(11(10)12(13)14)16-7-6-15-8-16/h3-8H,2H2,1H3,(H3,13,14). The molecule has 17 heavy (non-hydrogen) atoms. The first kappa shape index (κ1) is 11.7. The highest BCUT2D eigenvalue weighted by Crippen LogP contribution is 2.27. The van der Waals surface area contributed by atoms with Gasteiger partial charge in [-0.15, -0.1) is 11.8 Å². The van der Waals surface area contributed by atoms with Crippen molar-refractivity contribution in [2.45, 2.75) is 11.8 Å². The Bertz CT molecular complexity index is 519. The maximum absolute atomic E-state index is 7.73. The maximum Gasteiger partial charge on any atom is 0.126 e. The van der Waals surface area contributed by atoms with Crippen molar-refractivity contribution >= 4 is 17.6 Å². The molecule has 0 aliphatic rings. The third kappa shape index (κ3) is 2.34. The smallest absolute Gasteiger partial charge is 0.126 e. The van der Waals surface area contributed by atoms with E-state index >= 15 is 0 Å². The van der Waals surface area contributed by atoms with Crippen LogP contribution in [0.5, 0.6) is 0 Å². The summed E-state index contributed by atoms with van der Waals surface area (Å²) in [4.78, 5) is 5.05. The molecule has 2 rings (SSSR count). The number of nitrogens with zero attached hydrogens (tertiary/aromatic N) is 2. The number of imidazole rings is 1. The minimum atomic E-state index is 0.0882. The minimum absolute atomic E-state index is 0.0882. The first-order valence-electron chi connectivity index (χ1n) is 5.32. The topological polar surface area (TPSA) is 67.7 Å². The lowest BCUT2D eigenvalue weighted by Crippen LogP contribution is -2.15. The summed E-state index contributed by atoms with van der Waals surface area (Å²) in [7, 11) is 0. The normalized spacial score (nSPS) is 10.4. The number of benzene rings is 1. The summed E-state index contributed by atoms with van der Waals surface area (Å²) in [5.41, 5.74) is 7.36. The summed E-state index contributed by atoms with van der Waals surface area (Å²) < 4.78 is 1.87. The van der Waals surface area contributed by atoms with Gasteiger partial charge in [-0.2, -0.15) is 0 Å². The average molecular weight is 246 g/mol. The number of hydrogen-bond donors (Lipinski definition) is 2.